The number of hydrogen-bond acceptors (Lipinski definition) is 3. The fourth-order valence-electron chi connectivity index (χ4n) is 1.88. The maximum Gasteiger partial charge on any atom is 0.154 e. The quantitative estimate of drug-likeness (QED) is 0.706. The summed E-state index contributed by atoms with van der Waals surface area (Å²) in [5.74, 6) is 1.60. The Balaban J connectivity index is 1.77. The van der Waals surface area contributed by atoms with Crippen molar-refractivity contribution in [1.29, 1.82) is 0 Å². The molecule has 2 unspecified atom stereocenters. The summed E-state index contributed by atoms with van der Waals surface area (Å²) in [5.41, 5.74) is 0.273. The molecule has 14 heavy (non-hydrogen) atoms. The molecule has 0 radical (unpaired) electrons. The minimum absolute atomic E-state index is 0.273. The third kappa shape index (κ3) is 1.41. The molecule has 2 nitrogen and oxygen atoms in total. The van der Waals surface area contributed by atoms with Crippen molar-refractivity contribution in [2.24, 2.45) is 5.92 Å². The summed E-state index contributed by atoms with van der Waals surface area (Å²) in [4.78, 5) is 1.27. The van der Waals surface area contributed by atoms with E-state index < -0.39 is 0 Å². The Morgan fingerprint density at radius 1 is 1.29 bits per heavy atom. The maximum absolute atomic E-state index is 5.87. The van der Waals surface area contributed by atoms with Crippen LogP contribution in [0.1, 0.15) is 6.42 Å². The number of thioether (sulfide) groups is 1. The first-order valence-corrected chi connectivity index (χ1v) is 5.81. The maximum atomic E-state index is 5.87. The monoisotopic (exact) mass is 208 g/mol. The van der Waals surface area contributed by atoms with E-state index in [1.165, 1.54) is 4.90 Å². The van der Waals surface area contributed by atoms with Crippen molar-refractivity contribution < 1.29 is 9.47 Å². The Morgan fingerprint density at radius 3 is 3.00 bits per heavy atom. The van der Waals surface area contributed by atoms with Gasteiger partial charge >= 0.3 is 0 Å². The Bertz CT molecular complexity index is 309. The standard InChI is InChI=1S/C11H12O2S/c1-2-4-10-9(3-1)13-11(14-10)8-5-6-12-7-8/h1-4,8,11H,5-7H2. The van der Waals surface area contributed by atoms with Crippen LogP contribution in [0.15, 0.2) is 29.2 Å². The van der Waals surface area contributed by atoms with Gasteiger partial charge in [-0.15, -0.1) is 0 Å². The zero-order valence-corrected chi connectivity index (χ0v) is 8.63. The van der Waals surface area contributed by atoms with Gasteiger partial charge < -0.3 is 9.47 Å². The summed E-state index contributed by atoms with van der Waals surface area (Å²) in [5, 5.41) is 0. The first-order valence-electron chi connectivity index (χ1n) is 4.93. The van der Waals surface area contributed by atoms with Crippen molar-refractivity contribution in [3.63, 3.8) is 0 Å². The number of rotatable bonds is 1. The minimum atomic E-state index is 0.273. The van der Waals surface area contributed by atoms with Crippen LogP contribution in [0.2, 0.25) is 0 Å². The lowest BCUT2D eigenvalue weighted by atomic mass is 10.1. The summed E-state index contributed by atoms with van der Waals surface area (Å²) < 4.78 is 11.2. The molecule has 3 rings (SSSR count). The van der Waals surface area contributed by atoms with Gasteiger partial charge in [0.2, 0.25) is 0 Å². The molecule has 1 aromatic carbocycles. The van der Waals surface area contributed by atoms with Crippen LogP contribution in [0.25, 0.3) is 0 Å². The molecule has 0 bridgehead atoms. The van der Waals surface area contributed by atoms with E-state index in [2.05, 4.69) is 12.1 Å². The molecule has 0 saturated carbocycles. The van der Waals surface area contributed by atoms with Crippen LogP contribution in [-0.4, -0.2) is 18.6 Å². The number of ether oxygens (including phenoxy) is 2. The van der Waals surface area contributed by atoms with Crippen molar-refractivity contribution in [2.45, 2.75) is 16.8 Å². The van der Waals surface area contributed by atoms with Crippen LogP contribution >= 0.6 is 11.8 Å². The second-order valence-corrected chi connectivity index (χ2v) is 4.81. The molecule has 0 amide bonds. The van der Waals surface area contributed by atoms with Gasteiger partial charge in [-0.05, 0) is 18.6 Å². The Kier molecular flexibility index (Phi) is 2.14. The van der Waals surface area contributed by atoms with Gasteiger partial charge in [0.05, 0.1) is 11.5 Å². The molecule has 1 fully saturated rings. The molecule has 2 aliphatic heterocycles. The van der Waals surface area contributed by atoms with Crippen molar-refractivity contribution in [2.75, 3.05) is 13.2 Å². The largest absolute Gasteiger partial charge is 0.478 e. The fraction of sp³-hybridized carbons (Fsp3) is 0.455. The van der Waals surface area contributed by atoms with E-state index in [-0.39, 0.29) is 5.44 Å². The third-order valence-electron chi connectivity index (χ3n) is 2.69. The number of para-hydroxylation sites is 1. The van der Waals surface area contributed by atoms with Crippen molar-refractivity contribution in [3.05, 3.63) is 24.3 Å². The fourth-order valence-corrected chi connectivity index (χ4v) is 3.08. The predicted molar refractivity (Wildman–Crippen MR) is 55.6 cm³/mol. The van der Waals surface area contributed by atoms with Gasteiger partial charge in [-0.1, -0.05) is 23.9 Å². The van der Waals surface area contributed by atoms with Crippen LogP contribution in [-0.2, 0) is 4.74 Å². The molecular formula is C11H12O2S. The topological polar surface area (TPSA) is 18.5 Å². The smallest absolute Gasteiger partial charge is 0.154 e. The lowest BCUT2D eigenvalue weighted by Gasteiger charge is -2.14. The highest BCUT2D eigenvalue weighted by Gasteiger charge is 2.33. The summed E-state index contributed by atoms with van der Waals surface area (Å²) in [7, 11) is 0. The Labute approximate surface area is 87.6 Å². The van der Waals surface area contributed by atoms with Gasteiger partial charge in [0.15, 0.2) is 5.44 Å². The van der Waals surface area contributed by atoms with Gasteiger partial charge in [-0.25, -0.2) is 0 Å². The van der Waals surface area contributed by atoms with Gasteiger partial charge in [-0.2, -0.15) is 0 Å². The summed E-state index contributed by atoms with van der Waals surface area (Å²) >= 11 is 1.83. The molecule has 2 aliphatic rings. The zero-order valence-electron chi connectivity index (χ0n) is 7.81. The highest BCUT2D eigenvalue weighted by Crippen LogP contribution is 2.44. The Morgan fingerprint density at radius 2 is 2.21 bits per heavy atom. The summed E-state index contributed by atoms with van der Waals surface area (Å²) in [6, 6.07) is 8.24. The minimum Gasteiger partial charge on any atom is -0.478 e. The van der Waals surface area contributed by atoms with Crippen molar-refractivity contribution in [3.8, 4) is 5.75 Å². The summed E-state index contributed by atoms with van der Waals surface area (Å²) in [6.07, 6.45) is 1.13. The molecule has 0 spiro atoms. The van der Waals surface area contributed by atoms with Crippen LogP contribution in [0.5, 0.6) is 5.75 Å². The van der Waals surface area contributed by atoms with Gasteiger partial charge in [0.1, 0.15) is 5.75 Å². The third-order valence-corrected chi connectivity index (χ3v) is 3.99. The molecule has 2 atom stereocenters. The normalized spacial score (nSPS) is 30.0. The highest BCUT2D eigenvalue weighted by atomic mass is 32.2. The zero-order chi connectivity index (χ0) is 9.38. The molecule has 0 N–H and O–H groups in total. The number of hydrogen-bond donors (Lipinski definition) is 0. The van der Waals surface area contributed by atoms with Gasteiger partial charge in [0, 0.05) is 12.5 Å². The first-order chi connectivity index (χ1) is 6.93. The van der Waals surface area contributed by atoms with Crippen molar-refractivity contribution >= 4 is 11.8 Å². The van der Waals surface area contributed by atoms with Gasteiger partial charge in [-0.3, -0.25) is 0 Å². The lowest BCUT2D eigenvalue weighted by Crippen LogP contribution is -2.20. The van der Waals surface area contributed by atoms with Crippen LogP contribution in [0, 0.1) is 5.92 Å². The molecule has 0 aliphatic carbocycles. The second-order valence-electron chi connectivity index (χ2n) is 3.67. The van der Waals surface area contributed by atoms with Crippen molar-refractivity contribution in [1.82, 2.24) is 0 Å². The van der Waals surface area contributed by atoms with E-state index in [0.717, 1.165) is 25.4 Å². The van der Waals surface area contributed by atoms with E-state index in [1.54, 1.807) is 0 Å². The average Bonchev–Trinajstić information content (AvgIpc) is 2.86. The molecular weight excluding hydrogens is 196 g/mol. The number of benzene rings is 1. The Hall–Kier alpha value is -0.670. The molecule has 1 aromatic rings. The molecule has 3 heteroatoms. The SMILES string of the molecule is c1ccc2c(c1)OC(C1CCOC1)S2. The van der Waals surface area contributed by atoms with E-state index in [4.69, 9.17) is 9.47 Å². The van der Waals surface area contributed by atoms with Crippen LogP contribution < -0.4 is 4.74 Å². The molecule has 1 saturated heterocycles. The highest BCUT2D eigenvalue weighted by molar-refractivity contribution is 8.00. The predicted octanol–water partition coefficient (Wildman–Crippen LogP) is 2.53. The van der Waals surface area contributed by atoms with Crippen LogP contribution in [0.3, 0.4) is 0 Å². The molecule has 2 heterocycles. The van der Waals surface area contributed by atoms with Crippen LogP contribution in [0.4, 0.5) is 0 Å². The number of fused-ring (bicyclic) bond motifs is 1. The van der Waals surface area contributed by atoms with E-state index in [1.807, 2.05) is 23.9 Å². The summed E-state index contributed by atoms with van der Waals surface area (Å²) in [6.45, 7) is 1.74. The molecule has 0 aromatic heterocycles. The lowest BCUT2D eigenvalue weighted by molar-refractivity contribution is 0.158. The van der Waals surface area contributed by atoms with E-state index >= 15 is 0 Å². The van der Waals surface area contributed by atoms with E-state index in [9.17, 15) is 0 Å². The van der Waals surface area contributed by atoms with E-state index in [0.29, 0.717) is 5.92 Å². The van der Waals surface area contributed by atoms with Gasteiger partial charge in [0.25, 0.3) is 0 Å². The first kappa shape index (κ1) is 8.62. The molecule has 74 valence electrons. The average molecular weight is 208 g/mol. The second kappa shape index (κ2) is 3.48.